The first-order chi connectivity index (χ1) is 5.35. The van der Waals surface area contributed by atoms with E-state index in [1.807, 2.05) is 0 Å². The van der Waals surface area contributed by atoms with Crippen molar-refractivity contribution in [3.8, 4) is 0 Å². The summed E-state index contributed by atoms with van der Waals surface area (Å²) < 4.78 is 19.4. The summed E-state index contributed by atoms with van der Waals surface area (Å²) >= 11 is 3.97. The smallest absolute Gasteiger partial charge is 0.309 e. The highest BCUT2D eigenvalue weighted by atomic mass is 35.7. The van der Waals surface area contributed by atoms with Gasteiger partial charge in [-0.2, -0.15) is 0 Å². The second kappa shape index (κ2) is 7.99. The first-order valence-corrected chi connectivity index (χ1v) is 6.25. The van der Waals surface area contributed by atoms with Crippen LogP contribution in [0.3, 0.4) is 0 Å². The molecule has 0 aliphatic heterocycles. The van der Waals surface area contributed by atoms with Gasteiger partial charge in [0, 0.05) is 11.2 Å². The van der Waals surface area contributed by atoms with Crippen LogP contribution in [0, 0.1) is 0 Å². The van der Waals surface area contributed by atoms with Crippen LogP contribution in [0.2, 0.25) is 0 Å². The van der Waals surface area contributed by atoms with Crippen LogP contribution in [0.5, 0.6) is 0 Å². The Morgan fingerprint density at radius 1 is 1.33 bits per heavy atom. The monoisotopic (exact) mass is 219 g/mol. The van der Waals surface area contributed by atoms with Gasteiger partial charge in [0.05, 0.1) is 0 Å². The predicted octanol–water partition coefficient (Wildman–Crippen LogP) is 2.64. The zero-order valence-electron chi connectivity index (χ0n) is 7.63. The molecule has 0 aliphatic carbocycles. The van der Waals surface area contributed by atoms with Gasteiger partial charge in [0.15, 0.2) is 0 Å². The van der Waals surface area contributed by atoms with Gasteiger partial charge >= 0.3 is 7.03 Å². The molecule has 0 aliphatic rings. The molecule has 12 heavy (non-hydrogen) atoms. The van der Waals surface area contributed by atoms with Crippen LogP contribution >= 0.6 is 18.3 Å². The Bertz CT molecular complexity index is 124. The Morgan fingerprint density at radius 3 is 1.50 bits per heavy atom. The van der Waals surface area contributed by atoms with E-state index in [9.17, 15) is 4.20 Å². The van der Waals surface area contributed by atoms with E-state index in [1.165, 1.54) is 19.6 Å². The van der Waals surface area contributed by atoms with E-state index >= 15 is 0 Å². The third-order valence-electron chi connectivity index (χ3n) is 1.34. The minimum atomic E-state index is -4.67. The van der Waals surface area contributed by atoms with Crippen molar-refractivity contribution in [2.75, 3.05) is 19.6 Å². The molecule has 3 nitrogen and oxygen atoms in total. The number of nitrogens with zero attached hydrogens (tertiary/aromatic N) is 1. The van der Waals surface area contributed by atoms with Crippen LogP contribution in [0.25, 0.3) is 0 Å². The van der Waals surface area contributed by atoms with Gasteiger partial charge in [0.25, 0.3) is 0 Å². The SMILES string of the molecule is CCN(CC)CC.O=P(O)(F)Cl. The molecule has 0 aromatic carbocycles. The molecule has 1 atom stereocenters. The Balaban J connectivity index is 0. The van der Waals surface area contributed by atoms with E-state index in [2.05, 4.69) is 36.9 Å². The Morgan fingerprint density at radius 2 is 1.50 bits per heavy atom. The molecule has 0 rings (SSSR count). The third-order valence-corrected chi connectivity index (χ3v) is 1.34. The molecule has 0 saturated heterocycles. The molecule has 0 saturated carbocycles. The molecule has 0 aromatic heterocycles. The lowest BCUT2D eigenvalue weighted by Crippen LogP contribution is -2.21. The number of hydrogen-bond acceptors (Lipinski definition) is 2. The van der Waals surface area contributed by atoms with Crippen LogP contribution in [0.1, 0.15) is 20.8 Å². The van der Waals surface area contributed by atoms with Gasteiger partial charge in [-0.1, -0.05) is 20.8 Å². The molecule has 0 aromatic rings. The van der Waals surface area contributed by atoms with Crippen LogP contribution in [-0.4, -0.2) is 29.4 Å². The van der Waals surface area contributed by atoms with Crippen LogP contribution < -0.4 is 0 Å². The van der Waals surface area contributed by atoms with Gasteiger partial charge in [0.1, 0.15) is 0 Å². The predicted molar refractivity (Wildman–Crippen MR) is 50.2 cm³/mol. The van der Waals surface area contributed by atoms with Crippen molar-refractivity contribution in [1.82, 2.24) is 4.90 Å². The lowest BCUT2D eigenvalue weighted by Gasteiger charge is -2.13. The summed E-state index contributed by atoms with van der Waals surface area (Å²) in [6, 6.07) is 0. The van der Waals surface area contributed by atoms with E-state index in [0.717, 1.165) is 0 Å². The minimum Gasteiger partial charge on any atom is -0.309 e. The molecule has 0 amide bonds. The molecular weight excluding hydrogens is 203 g/mol. The Hall–Kier alpha value is 0.370. The zero-order valence-corrected chi connectivity index (χ0v) is 9.28. The summed E-state index contributed by atoms with van der Waals surface area (Å²) in [6.45, 7) is 10.1. The van der Waals surface area contributed by atoms with Crippen molar-refractivity contribution >= 4 is 18.3 Å². The topological polar surface area (TPSA) is 40.5 Å². The van der Waals surface area contributed by atoms with E-state index in [1.54, 1.807) is 0 Å². The second-order valence-electron chi connectivity index (χ2n) is 2.05. The summed E-state index contributed by atoms with van der Waals surface area (Å²) in [5, 5.41) is 0. The maximum absolute atomic E-state index is 10.6. The van der Waals surface area contributed by atoms with Crippen molar-refractivity contribution in [2.24, 2.45) is 0 Å². The summed E-state index contributed by atoms with van der Waals surface area (Å²) in [5.74, 6) is 0. The lowest BCUT2D eigenvalue weighted by molar-refractivity contribution is 0.321. The van der Waals surface area contributed by atoms with Gasteiger partial charge in [-0.05, 0) is 19.6 Å². The normalized spacial score (nSPS) is 14.9. The van der Waals surface area contributed by atoms with Gasteiger partial charge < -0.3 is 9.79 Å². The van der Waals surface area contributed by atoms with E-state index < -0.39 is 7.03 Å². The van der Waals surface area contributed by atoms with Crippen LogP contribution in [0.15, 0.2) is 0 Å². The van der Waals surface area contributed by atoms with Gasteiger partial charge in [-0.3, -0.25) is 0 Å². The molecule has 0 radical (unpaired) electrons. The van der Waals surface area contributed by atoms with Gasteiger partial charge in [-0.25, -0.2) is 4.57 Å². The van der Waals surface area contributed by atoms with Crippen LogP contribution in [-0.2, 0) is 4.57 Å². The van der Waals surface area contributed by atoms with E-state index in [-0.39, 0.29) is 0 Å². The first-order valence-electron chi connectivity index (χ1n) is 3.79. The van der Waals surface area contributed by atoms with E-state index in [0.29, 0.717) is 0 Å². The van der Waals surface area contributed by atoms with Crippen molar-refractivity contribution in [2.45, 2.75) is 20.8 Å². The number of halogens is 2. The average molecular weight is 220 g/mol. The second-order valence-corrected chi connectivity index (χ2v) is 4.17. The summed E-state index contributed by atoms with van der Waals surface area (Å²) in [5.41, 5.74) is 0. The highest BCUT2D eigenvalue weighted by molar-refractivity contribution is 7.80. The molecule has 0 bridgehead atoms. The van der Waals surface area contributed by atoms with Crippen molar-refractivity contribution in [3.05, 3.63) is 0 Å². The molecule has 1 N–H and O–H groups in total. The number of hydrogen-bond donors (Lipinski definition) is 1. The van der Waals surface area contributed by atoms with E-state index in [4.69, 9.17) is 9.46 Å². The maximum Gasteiger partial charge on any atom is 0.458 e. The standard InChI is InChI=1S/C6H15N.ClFHO2P/c1-4-7(5-2)6-3;1-5(2,3)4/h4-6H2,1-3H3;(H,3,4). The van der Waals surface area contributed by atoms with Gasteiger partial charge in [-0.15, -0.1) is 4.20 Å². The fourth-order valence-corrected chi connectivity index (χ4v) is 0.671. The molecule has 0 heterocycles. The fraction of sp³-hybridized carbons (Fsp3) is 1.00. The quantitative estimate of drug-likeness (QED) is 0.742. The molecular formula is C6H16ClFNO2P. The number of rotatable bonds is 3. The molecule has 1 unspecified atom stereocenters. The third kappa shape index (κ3) is 22.4. The lowest BCUT2D eigenvalue weighted by atomic mass is 10.5. The minimum absolute atomic E-state index is 1.19. The van der Waals surface area contributed by atoms with Crippen molar-refractivity contribution in [1.29, 1.82) is 0 Å². The zero-order chi connectivity index (χ0) is 10.2. The molecule has 76 valence electrons. The fourth-order valence-electron chi connectivity index (χ4n) is 0.671. The molecule has 6 heteroatoms. The summed E-state index contributed by atoms with van der Waals surface area (Å²) in [7, 11) is -4.67. The highest BCUT2D eigenvalue weighted by Gasteiger charge is 2.05. The summed E-state index contributed by atoms with van der Waals surface area (Å²) in [4.78, 5) is 9.55. The Kier molecular flexibility index (Phi) is 9.90. The van der Waals surface area contributed by atoms with Crippen molar-refractivity contribution < 1.29 is 13.7 Å². The van der Waals surface area contributed by atoms with Gasteiger partial charge in [0.2, 0.25) is 0 Å². The highest BCUT2D eigenvalue weighted by Crippen LogP contribution is 2.47. The van der Waals surface area contributed by atoms with Crippen molar-refractivity contribution in [3.63, 3.8) is 0 Å². The Labute approximate surface area is 77.9 Å². The largest absolute Gasteiger partial charge is 0.458 e. The molecule has 0 fully saturated rings. The summed E-state index contributed by atoms with van der Waals surface area (Å²) in [6.07, 6.45) is 0. The first kappa shape index (κ1) is 14.9. The molecule has 0 spiro atoms. The maximum atomic E-state index is 10.6. The average Bonchev–Trinajstić information content (AvgIpc) is 1.88. The van der Waals surface area contributed by atoms with Crippen LogP contribution in [0.4, 0.5) is 4.20 Å².